The Hall–Kier alpha value is -0.630. The molecule has 0 amide bonds. The molecule has 0 aliphatic rings. The van der Waals surface area contributed by atoms with Crippen molar-refractivity contribution < 1.29 is 0 Å². The molecule has 0 fully saturated rings. The van der Waals surface area contributed by atoms with Gasteiger partial charge in [0.15, 0.2) is 0 Å². The monoisotopic (exact) mass is 167 g/mol. The summed E-state index contributed by atoms with van der Waals surface area (Å²) in [4.78, 5) is 0.994. The Morgan fingerprint density at radius 3 is 2.64 bits per heavy atom. The average Bonchev–Trinajstić information content (AvgIpc) is 1.96. The molecule has 0 unspecified atom stereocenters. The van der Waals surface area contributed by atoms with E-state index in [-0.39, 0.29) is 0 Å². The number of thiol groups is 1. The van der Waals surface area contributed by atoms with Gasteiger partial charge in [-0.05, 0) is 36.6 Å². The van der Waals surface area contributed by atoms with E-state index >= 15 is 0 Å². The molecule has 60 valence electrons. The molecule has 2 N–H and O–H groups in total. The SMILES string of the molecule is CCc1cc(S)cc(C)c1N. The summed E-state index contributed by atoms with van der Waals surface area (Å²) in [6.07, 6.45) is 0.973. The Morgan fingerprint density at radius 2 is 2.09 bits per heavy atom. The fourth-order valence-electron chi connectivity index (χ4n) is 1.14. The van der Waals surface area contributed by atoms with E-state index in [9.17, 15) is 0 Å². The van der Waals surface area contributed by atoms with E-state index in [1.807, 2.05) is 19.1 Å². The Bertz CT molecular complexity index is 269. The number of hydrogen-bond donors (Lipinski definition) is 2. The number of rotatable bonds is 1. The van der Waals surface area contributed by atoms with Crippen LogP contribution in [0.15, 0.2) is 17.0 Å². The van der Waals surface area contributed by atoms with Gasteiger partial charge in [-0.25, -0.2) is 0 Å². The lowest BCUT2D eigenvalue weighted by molar-refractivity contribution is 1.12. The Morgan fingerprint density at radius 1 is 1.45 bits per heavy atom. The number of benzene rings is 1. The van der Waals surface area contributed by atoms with Crippen molar-refractivity contribution in [3.05, 3.63) is 23.3 Å². The van der Waals surface area contributed by atoms with Crippen molar-refractivity contribution in [2.75, 3.05) is 5.73 Å². The number of aryl methyl sites for hydroxylation is 2. The molecule has 0 aliphatic heterocycles. The van der Waals surface area contributed by atoms with Gasteiger partial charge in [-0.2, -0.15) is 0 Å². The summed E-state index contributed by atoms with van der Waals surface area (Å²) >= 11 is 4.27. The van der Waals surface area contributed by atoms with Crippen LogP contribution in [0.1, 0.15) is 18.1 Å². The van der Waals surface area contributed by atoms with Gasteiger partial charge in [0.25, 0.3) is 0 Å². The first-order valence-corrected chi connectivity index (χ1v) is 4.17. The largest absolute Gasteiger partial charge is 0.398 e. The van der Waals surface area contributed by atoms with Gasteiger partial charge < -0.3 is 5.73 Å². The van der Waals surface area contributed by atoms with Gasteiger partial charge in [0.05, 0.1) is 0 Å². The highest BCUT2D eigenvalue weighted by molar-refractivity contribution is 7.80. The third-order valence-corrected chi connectivity index (χ3v) is 2.10. The van der Waals surface area contributed by atoms with Crippen LogP contribution in [-0.4, -0.2) is 0 Å². The predicted octanol–water partition coefficient (Wildman–Crippen LogP) is 2.43. The maximum absolute atomic E-state index is 5.83. The molecule has 0 spiro atoms. The molecule has 0 aromatic heterocycles. The van der Waals surface area contributed by atoms with Gasteiger partial charge in [-0.1, -0.05) is 6.92 Å². The van der Waals surface area contributed by atoms with Gasteiger partial charge in [-0.15, -0.1) is 12.6 Å². The van der Waals surface area contributed by atoms with Crippen molar-refractivity contribution in [3.8, 4) is 0 Å². The molecule has 1 rings (SSSR count). The van der Waals surface area contributed by atoms with Crippen LogP contribution >= 0.6 is 12.6 Å². The van der Waals surface area contributed by atoms with Crippen LogP contribution in [0.25, 0.3) is 0 Å². The van der Waals surface area contributed by atoms with E-state index in [4.69, 9.17) is 5.73 Å². The fraction of sp³-hybridized carbons (Fsp3) is 0.333. The van der Waals surface area contributed by atoms with E-state index in [1.54, 1.807) is 0 Å². The minimum absolute atomic E-state index is 0.908. The minimum atomic E-state index is 0.908. The lowest BCUT2D eigenvalue weighted by Gasteiger charge is -2.06. The molecule has 1 aromatic rings. The second kappa shape index (κ2) is 3.18. The van der Waals surface area contributed by atoms with E-state index < -0.39 is 0 Å². The lowest BCUT2D eigenvalue weighted by Crippen LogP contribution is -1.95. The van der Waals surface area contributed by atoms with Crippen LogP contribution in [0, 0.1) is 6.92 Å². The second-order valence-corrected chi connectivity index (χ2v) is 3.21. The lowest BCUT2D eigenvalue weighted by atomic mass is 10.1. The average molecular weight is 167 g/mol. The molecule has 11 heavy (non-hydrogen) atoms. The Balaban J connectivity index is 3.24. The highest BCUT2D eigenvalue weighted by atomic mass is 32.1. The molecule has 0 radical (unpaired) electrons. The van der Waals surface area contributed by atoms with E-state index in [2.05, 4.69) is 19.6 Å². The summed E-state index contributed by atoms with van der Waals surface area (Å²) < 4.78 is 0. The fourth-order valence-corrected chi connectivity index (χ4v) is 1.49. The predicted molar refractivity (Wildman–Crippen MR) is 52.2 cm³/mol. The molecule has 0 heterocycles. The first kappa shape index (κ1) is 8.47. The summed E-state index contributed by atoms with van der Waals surface area (Å²) in [5.41, 5.74) is 9.05. The molecule has 0 aliphatic carbocycles. The zero-order chi connectivity index (χ0) is 8.43. The zero-order valence-corrected chi connectivity index (χ0v) is 7.78. The molecule has 0 bridgehead atoms. The van der Waals surface area contributed by atoms with Crippen LogP contribution in [-0.2, 0) is 6.42 Å². The van der Waals surface area contributed by atoms with Crippen molar-refractivity contribution in [3.63, 3.8) is 0 Å². The van der Waals surface area contributed by atoms with Gasteiger partial charge >= 0.3 is 0 Å². The normalized spacial score (nSPS) is 10.1. The second-order valence-electron chi connectivity index (χ2n) is 2.69. The third kappa shape index (κ3) is 1.69. The van der Waals surface area contributed by atoms with Crippen LogP contribution in [0.2, 0.25) is 0 Å². The summed E-state index contributed by atoms with van der Waals surface area (Å²) in [7, 11) is 0. The number of nitrogen functional groups attached to an aromatic ring is 1. The van der Waals surface area contributed by atoms with Crippen LogP contribution < -0.4 is 5.73 Å². The minimum Gasteiger partial charge on any atom is -0.398 e. The molecule has 1 aromatic carbocycles. The molecule has 0 atom stereocenters. The van der Waals surface area contributed by atoms with Gasteiger partial charge in [0.2, 0.25) is 0 Å². The molecular weight excluding hydrogens is 154 g/mol. The van der Waals surface area contributed by atoms with Crippen molar-refractivity contribution >= 4 is 18.3 Å². The number of anilines is 1. The number of nitrogens with two attached hydrogens (primary N) is 1. The molecule has 0 saturated heterocycles. The van der Waals surface area contributed by atoms with Crippen LogP contribution in [0.5, 0.6) is 0 Å². The topological polar surface area (TPSA) is 26.0 Å². The van der Waals surface area contributed by atoms with Crippen LogP contribution in [0.3, 0.4) is 0 Å². The van der Waals surface area contributed by atoms with Crippen LogP contribution in [0.4, 0.5) is 5.69 Å². The third-order valence-electron chi connectivity index (χ3n) is 1.84. The standard InChI is InChI=1S/C9H13NS/c1-3-7-5-8(11)4-6(2)9(7)10/h4-5,11H,3,10H2,1-2H3. The Labute approximate surface area is 73.0 Å². The highest BCUT2D eigenvalue weighted by Crippen LogP contribution is 2.21. The highest BCUT2D eigenvalue weighted by Gasteiger charge is 2.00. The van der Waals surface area contributed by atoms with Gasteiger partial charge in [0.1, 0.15) is 0 Å². The maximum Gasteiger partial charge on any atom is 0.0376 e. The summed E-state index contributed by atoms with van der Waals surface area (Å²) in [6.45, 7) is 4.10. The first-order valence-electron chi connectivity index (χ1n) is 3.73. The maximum atomic E-state index is 5.83. The van der Waals surface area contributed by atoms with Crippen molar-refractivity contribution in [2.24, 2.45) is 0 Å². The van der Waals surface area contributed by atoms with Gasteiger partial charge in [0, 0.05) is 10.6 Å². The summed E-state index contributed by atoms with van der Waals surface area (Å²) in [5, 5.41) is 0. The smallest absolute Gasteiger partial charge is 0.0376 e. The summed E-state index contributed by atoms with van der Waals surface area (Å²) in [6, 6.07) is 4.00. The van der Waals surface area contributed by atoms with Crippen molar-refractivity contribution in [1.82, 2.24) is 0 Å². The van der Waals surface area contributed by atoms with E-state index in [1.165, 1.54) is 5.56 Å². The molecule has 1 nitrogen and oxygen atoms in total. The van der Waals surface area contributed by atoms with Crippen molar-refractivity contribution in [1.29, 1.82) is 0 Å². The molecule has 0 saturated carbocycles. The quantitative estimate of drug-likeness (QED) is 0.487. The number of hydrogen-bond acceptors (Lipinski definition) is 2. The van der Waals surface area contributed by atoms with E-state index in [0.29, 0.717) is 0 Å². The molecular formula is C9H13NS. The zero-order valence-electron chi connectivity index (χ0n) is 6.89. The van der Waals surface area contributed by atoms with Gasteiger partial charge in [-0.3, -0.25) is 0 Å². The Kier molecular flexibility index (Phi) is 2.45. The molecule has 2 heteroatoms. The first-order chi connectivity index (χ1) is 5.15. The summed E-state index contributed by atoms with van der Waals surface area (Å²) in [5.74, 6) is 0. The van der Waals surface area contributed by atoms with Crippen molar-refractivity contribution in [2.45, 2.75) is 25.2 Å². The van der Waals surface area contributed by atoms with E-state index in [0.717, 1.165) is 22.6 Å².